The van der Waals surface area contributed by atoms with Gasteiger partial charge in [0.1, 0.15) is 28.8 Å². The van der Waals surface area contributed by atoms with Crippen LogP contribution in [0.2, 0.25) is 5.15 Å². The molecule has 0 saturated carbocycles. The van der Waals surface area contributed by atoms with Crippen molar-refractivity contribution in [2.45, 2.75) is 13.0 Å². The highest BCUT2D eigenvalue weighted by atomic mass is 35.5. The Morgan fingerprint density at radius 3 is 2.59 bits per heavy atom. The Morgan fingerprint density at radius 1 is 1.03 bits per heavy atom. The third-order valence-corrected chi connectivity index (χ3v) is 4.96. The summed E-state index contributed by atoms with van der Waals surface area (Å²) in [6.07, 6.45) is 1.65. The normalized spacial score (nSPS) is 11.0. The lowest BCUT2D eigenvalue weighted by atomic mass is 10.1. The fourth-order valence-corrected chi connectivity index (χ4v) is 3.29. The van der Waals surface area contributed by atoms with Crippen LogP contribution in [-0.2, 0) is 22.6 Å². The zero-order valence-electron chi connectivity index (χ0n) is 15.9. The molecule has 6 nitrogen and oxygen atoms in total. The number of esters is 1. The monoisotopic (exact) mass is 411 g/mol. The number of furan rings is 1. The number of benzene rings is 2. The summed E-state index contributed by atoms with van der Waals surface area (Å²) in [5.41, 5.74) is 2.76. The predicted octanol–water partition coefficient (Wildman–Crippen LogP) is 4.94. The van der Waals surface area contributed by atoms with E-state index in [1.54, 1.807) is 32.6 Å². The minimum atomic E-state index is -0.380. The number of hydrogen-bond donors (Lipinski definition) is 0. The second-order valence-corrected chi connectivity index (χ2v) is 6.82. The smallest absolute Gasteiger partial charge is 0.310 e. The van der Waals surface area contributed by atoms with Gasteiger partial charge in [0.2, 0.25) is 0 Å². The first kappa shape index (κ1) is 19.1. The van der Waals surface area contributed by atoms with Crippen molar-refractivity contribution in [2.75, 3.05) is 14.2 Å². The number of rotatable bonds is 6. The molecule has 29 heavy (non-hydrogen) atoms. The maximum atomic E-state index is 12.3. The van der Waals surface area contributed by atoms with Crippen LogP contribution >= 0.6 is 11.6 Å². The first-order valence-electron chi connectivity index (χ1n) is 8.90. The molecular weight excluding hydrogens is 394 g/mol. The molecule has 0 bridgehead atoms. The highest BCUT2D eigenvalue weighted by Crippen LogP contribution is 2.27. The van der Waals surface area contributed by atoms with E-state index in [1.807, 2.05) is 30.3 Å². The van der Waals surface area contributed by atoms with Gasteiger partial charge in [-0.3, -0.25) is 4.79 Å². The van der Waals surface area contributed by atoms with Crippen molar-refractivity contribution >= 4 is 39.4 Å². The lowest BCUT2D eigenvalue weighted by Gasteiger charge is -2.08. The first-order valence-corrected chi connectivity index (χ1v) is 9.28. The zero-order valence-corrected chi connectivity index (χ0v) is 16.7. The quantitative estimate of drug-likeness (QED) is 0.330. The van der Waals surface area contributed by atoms with Crippen LogP contribution in [-0.4, -0.2) is 25.2 Å². The number of nitrogens with zero attached hydrogens (tertiary/aromatic N) is 1. The van der Waals surface area contributed by atoms with E-state index in [1.165, 1.54) is 0 Å². The second kappa shape index (κ2) is 8.01. The highest BCUT2D eigenvalue weighted by molar-refractivity contribution is 6.30. The molecular formula is C22H18ClNO5. The van der Waals surface area contributed by atoms with E-state index in [0.717, 1.165) is 16.3 Å². The maximum absolute atomic E-state index is 12.3. The fraction of sp³-hybridized carbons (Fsp3) is 0.182. The Morgan fingerprint density at radius 2 is 1.79 bits per heavy atom. The van der Waals surface area contributed by atoms with Gasteiger partial charge in [0.15, 0.2) is 0 Å². The summed E-state index contributed by atoms with van der Waals surface area (Å²) in [6, 6.07) is 12.8. The van der Waals surface area contributed by atoms with E-state index in [0.29, 0.717) is 33.3 Å². The van der Waals surface area contributed by atoms with Crippen LogP contribution in [0.15, 0.2) is 53.1 Å². The third kappa shape index (κ3) is 3.98. The second-order valence-electron chi connectivity index (χ2n) is 6.46. The molecule has 148 valence electrons. The summed E-state index contributed by atoms with van der Waals surface area (Å²) in [5.74, 6) is 1.01. The third-order valence-electron chi connectivity index (χ3n) is 4.64. The maximum Gasteiger partial charge on any atom is 0.310 e. The summed E-state index contributed by atoms with van der Waals surface area (Å²) < 4.78 is 21.3. The summed E-state index contributed by atoms with van der Waals surface area (Å²) >= 11 is 6.26. The molecule has 0 atom stereocenters. The molecule has 2 aromatic carbocycles. The molecule has 0 aliphatic carbocycles. The van der Waals surface area contributed by atoms with Crippen LogP contribution in [0.5, 0.6) is 11.5 Å². The van der Waals surface area contributed by atoms with Crippen molar-refractivity contribution in [3.05, 3.63) is 65.0 Å². The molecule has 7 heteroatoms. The standard InChI is InChI=1S/C22H18ClNO5/c1-26-16-4-3-13-7-15(22(23)24-19(13)9-16)12-29-21(25)8-14-11-28-20-10-17(27-2)5-6-18(14)20/h3-7,9-11H,8,12H2,1-2H3. The number of fused-ring (bicyclic) bond motifs is 2. The summed E-state index contributed by atoms with van der Waals surface area (Å²) in [5, 5.41) is 2.03. The van der Waals surface area contributed by atoms with Crippen LogP contribution < -0.4 is 9.47 Å². The number of carbonyl (C=O) groups is 1. The topological polar surface area (TPSA) is 70.8 Å². The zero-order chi connectivity index (χ0) is 20.4. The average Bonchev–Trinajstić information content (AvgIpc) is 3.13. The summed E-state index contributed by atoms with van der Waals surface area (Å²) in [4.78, 5) is 16.7. The molecule has 0 N–H and O–H groups in total. The van der Waals surface area contributed by atoms with Gasteiger partial charge in [0, 0.05) is 34.0 Å². The van der Waals surface area contributed by atoms with Crippen molar-refractivity contribution in [1.82, 2.24) is 4.98 Å². The fourth-order valence-electron chi connectivity index (χ4n) is 3.09. The average molecular weight is 412 g/mol. The first-order chi connectivity index (χ1) is 14.1. The van der Waals surface area contributed by atoms with Gasteiger partial charge in [0.05, 0.1) is 32.4 Å². The van der Waals surface area contributed by atoms with Gasteiger partial charge in [-0.15, -0.1) is 0 Å². The SMILES string of the molecule is COc1ccc2cc(COC(=O)Cc3coc4cc(OC)ccc34)c(Cl)nc2c1. The van der Waals surface area contributed by atoms with Gasteiger partial charge in [-0.1, -0.05) is 11.6 Å². The van der Waals surface area contributed by atoms with Crippen molar-refractivity contribution < 1.29 is 23.4 Å². The molecule has 0 radical (unpaired) electrons. The number of hydrogen-bond acceptors (Lipinski definition) is 6. The molecule has 0 spiro atoms. The minimum Gasteiger partial charge on any atom is -0.497 e. The molecule has 2 aromatic heterocycles. The molecule has 0 aliphatic heterocycles. The Kier molecular flexibility index (Phi) is 5.27. The van der Waals surface area contributed by atoms with Crippen molar-refractivity contribution in [2.24, 2.45) is 0 Å². The van der Waals surface area contributed by atoms with E-state index in [-0.39, 0.29) is 19.0 Å². The highest BCUT2D eigenvalue weighted by Gasteiger charge is 2.14. The molecule has 0 aliphatic rings. The number of carbonyl (C=O) groups excluding carboxylic acids is 1. The van der Waals surface area contributed by atoms with E-state index in [9.17, 15) is 4.79 Å². The van der Waals surface area contributed by atoms with Gasteiger partial charge in [-0.05, 0) is 30.3 Å². The van der Waals surface area contributed by atoms with Gasteiger partial charge < -0.3 is 18.6 Å². The lowest BCUT2D eigenvalue weighted by molar-refractivity contribution is -0.144. The van der Waals surface area contributed by atoms with Gasteiger partial charge in [-0.2, -0.15) is 0 Å². The van der Waals surface area contributed by atoms with Crippen LogP contribution in [0.4, 0.5) is 0 Å². The Bertz CT molecular complexity index is 1200. The van der Waals surface area contributed by atoms with Gasteiger partial charge in [-0.25, -0.2) is 4.98 Å². The van der Waals surface area contributed by atoms with E-state index < -0.39 is 0 Å². The van der Waals surface area contributed by atoms with Gasteiger partial charge in [0.25, 0.3) is 0 Å². The van der Waals surface area contributed by atoms with Crippen molar-refractivity contribution in [3.8, 4) is 11.5 Å². The number of pyridine rings is 1. The molecule has 0 unspecified atom stereocenters. The number of methoxy groups -OCH3 is 2. The van der Waals surface area contributed by atoms with Gasteiger partial charge >= 0.3 is 5.97 Å². The van der Waals surface area contributed by atoms with Crippen molar-refractivity contribution in [1.29, 1.82) is 0 Å². The van der Waals surface area contributed by atoms with Crippen molar-refractivity contribution in [3.63, 3.8) is 0 Å². The van der Waals surface area contributed by atoms with Crippen LogP contribution in [0, 0.1) is 0 Å². The molecule has 4 aromatic rings. The van der Waals surface area contributed by atoms with E-state index in [2.05, 4.69) is 4.98 Å². The van der Waals surface area contributed by atoms with E-state index in [4.69, 9.17) is 30.2 Å². The summed E-state index contributed by atoms with van der Waals surface area (Å²) in [6.45, 7) is 0.0379. The molecule has 2 heterocycles. The van der Waals surface area contributed by atoms with Crippen LogP contribution in [0.3, 0.4) is 0 Å². The number of aromatic nitrogens is 1. The van der Waals surface area contributed by atoms with E-state index >= 15 is 0 Å². The lowest BCUT2D eigenvalue weighted by Crippen LogP contribution is -2.08. The Labute approximate surface area is 171 Å². The molecule has 4 rings (SSSR count). The molecule has 0 amide bonds. The summed E-state index contributed by atoms with van der Waals surface area (Å²) in [7, 11) is 3.18. The Hall–Kier alpha value is -3.25. The number of halogens is 1. The minimum absolute atomic E-state index is 0.0379. The molecule has 0 saturated heterocycles. The number of ether oxygens (including phenoxy) is 3. The van der Waals surface area contributed by atoms with Crippen LogP contribution in [0.1, 0.15) is 11.1 Å². The molecule has 0 fully saturated rings. The largest absolute Gasteiger partial charge is 0.497 e. The Balaban J connectivity index is 1.46. The van der Waals surface area contributed by atoms with Crippen LogP contribution in [0.25, 0.3) is 21.9 Å². The predicted molar refractivity (Wildman–Crippen MR) is 110 cm³/mol.